The lowest BCUT2D eigenvalue weighted by molar-refractivity contribution is 0.439. The van der Waals surface area contributed by atoms with E-state index in [-0.39, 0.29) is 5.70 Å². The molecule has 0 unspecified atom stereocenters. The van der Waals surface area contributed by atoms with Gasteiger partial charge in [-0.1, -0.05) is 37.0 Å². The first-order valence-corrected chi connectivity index (χ1v) is 9.12. The molecule has 6 heteroatoms. The molecule has 0 amide bonds. The van der Waals surface area contributed by atoms with Crippen molar-refractivity contribution in [2.45, 2.75) is 13.3 Å². The van der Waals surface area contributed by atoms with Crippen LogP contribution in [0.1, 0.15) is 24.5 Å². The van der Waals surface area contributed by atoms with Gasteiger partial charge >= 0.3 is 0 Å². The van der Waals surface area contributed by atoms with Crippen LogP contribution in [0.3, 0.4) is 0 Å². The maximum Gasteiger partial charge on any atom is 0.183 e. The summed E-state index contributed by atoms with van der Waals surface area (Å²) in [5, 5.41) is 4.16. The summed E-state index contributed by atoms with van der Waals surface area (Å²) in [5.41, 5.74) is 8.35. The van der Waals surface area contributed by atoms with Gasteiger partial charge in [-0.15, -0.1) is 0 Å². The molecule has 0 atom stereocenters. The zero-order valence-electron chi connectivity index (χ0n) is 14.5. The molecule has 0 saturated heterocycles. The zero-order valence-corrected chi connectivity index (χ0v) is 15.3. The molecule has 0 radical (unpaired) electrons. The van der Waals surface area contributed by atoms with Gasteiger partial charge in [-0.3, -0.25) is 0 Å². The van der Waals surface area contributed by atoms with Crippen molar-refractivity contribution < 1.29 is 9.13 Å². The van der Waals surface area contributed by atoms with Gasteiger partial charge in [0, 0.05) is 17.7 Å². The number of fused-ring (bicyclic) bond motifs is 1. The Kier molecular flexibility index (Phi) is 5.53. The molecular formula is C20H20FN3OS. The summed E-state index contributed by atoms with van der Waals surface area (Å²) in [6.45, 7) is 6.58. The fourth-order valence-corrected chi connectivity index (χ4v) is 3.48. The standard InChI is InChI=1S/C20H20FN3OS/c1-3-11-23-20-24-16-10-9-13(12-17(16)26-20)19(25-4-2)18(22)14-7-5-6-8-15(14)21/h4-10,12H,2-3,11,22H2,1H3,(H,23,24)/b19-18-. The minimum Gasteiger partial charge on any atom is -0.463 e. The van der Waals surface area contributed by atoms with E-state index in [0.717, 1.165) is 33.9 Å². The number of nitrogens with zero attached hydrogens (tertiary/aromatic N) is 1. The van der Waals surface area contributed by atoms with E-state index in [1.54, 1.807) is 29.5 Å². The number of aromatic nitrogens is 1. The Morgan fingerprint density at radius 2 is 2.15 bits per heavy atom. The lowest BCUT2D eigenvalue weighted by atomic mass is 10.1. The van der Waals surface area contributed by atoms with Crippen molar-refractivity contribution in [3.63, 3.8) is 0 Å². The van der Waals surface area contributed by atoms with Crippen molar-refractivity contribution in [2.75, 3.05) is 11.9 Å². The summed E-state index contributed by atoms with van der Waals surface area (Å²) in [5.74, 6) is -0.0384. The van der Waals surface area contributed by atoms with Crippen molar-refractivity contribution in [1.82, 2.24) is 4.98 Å². The number of benzene rings is 2. The summed E-state index contributed by atoms with van der Waals surface area (Å²) in [6.07, 6.45) is 2.31. The Morgan fingerprint density at radius 3 is 2.88 bits per heavy atom. The number of nitrogens with two attached hydrogens (primary N) is 1. The van der Waals surface area contributed by atoms with Crippen LogP contribution in [0.4, 0.5) is 9.52 Å². The molecular weight excluding hydrogens is 349 g/mol. The van der Waals surface area contributed by atoms with E-state index >= 15 is 0 Å². The van der Waals surface area contributed by atoms with Crippen LogP contribution in [0.5, 0.6) is 0 Å². The van der Waals surface area contributed by atoms with Crippen LogP contribution >= 0.6 is 11.3 Å². The minimum absolute atomic E-state index is 0.219. The topological polar surface area (TPSA) is 60.2 Å². The van der Waals surface area contributed by atoms with Gasteiger partial charge in [0.2, 0.25) is 0 Å². The third-order valence-electron chi connectivity index (χ3n) is 3.79. The molecule has 1 heterocycles. The monoisotopic (exact) mass is 369 g/mol. The Balaban J connectivity index is 2.06. The zero-order chi connectivity index (χ0) is 18.5. The molecule has 2 aromatic carbocycles. The highest BCUT2D eigenvalue weighted by molar-refractivity contribution is 7.22. The third-order valence-corrected chi connectivity index (χ3v) is 4.76. The highest BCUT2D eigenvalue weighted by atomic mass is 32.1. The second kappa shape index (κ2) is 8.01. The molecule has 0 spiro atoms. The average molecular weight is 369 g/mol. The molecule has 3 rings (SSSR count). The van der Waals surface area contributed by atoms with Crippen LogP contribution < -0.4 is 11.1 Å². The van der Waals surface area contributed by atoms with Gasteiger partial charge in [0.05, 0.1) is 22.2 Å². The van der Waals surface area contributed by atoms with E-state index in [4.69, 9.17) is 10.5 Å². The van der Waals surface area contributed by atoms with E-state index in [9.17, 15) is 4.39 Å². The largest absolute Gasteiger partial charge is 0.463 e. The molecule has 0 aliphatic carbocycles. The third kappa shape index (κ3) is 3.70. The molecule has 0 aliphatic heterocycles. The number of halogens is 1. The number of thiazole rings is 1. The lowest BCUT2D eigenvalue weighted by Crippen LogP contribution is -2.04. The first kappa shape index (κ1) is 17.9. The second-order valence-electron chi connectivity index (χ2n) is 5.64. The fourth-order valence-electron chi connectivity index (χ4n) is 2.55. The van der Waals surface area contributed by atoms with Gasteiger partial charge in [0.1, 0.15) is 5.82 Å². The van der Waals surface area contributed by atoms with E-state index in [2.05, 4.69) is 23.8 Å². The predicted octanol–water partition coefficient (Wildman–Crippen LogP) is 5.20. The molecule has 3 aromatic rings. The number of nitrogens with one attached hydrogen (secondary N) is 1. The number of ether oxygens (including phenoxy) is 1. The van der Waals surface area contributed by atoms with Crippen molar-refractivity contribution in [2.24, 2.45) is 5.73 Å². The maximum absolute atomic E-state index is 14.1. The van der Waals surface area contributed by atoms with E-state index in [0.29, 0.717) is 11.3 Å². The van der Waals surface area contributed by atoms with Crippen LogP contribution in [0.15, 0.2) is 55.3 Å². The van der Waals surface area contributed by atoms with Crippen molar-refractivity contribution in [3.8, 4) is 0 Å². The molecule has 3 N–H and O–H groups in total. The van der Waals surface area contributed by atoms with Crippen LogP contribution in [0.25, 0.3) is 21.7 Å². The molecule has 0 aliphatic rings. The van der Waals surface area contributed by atoms with Crippen molar-refractivity contribution in [3.05, 3.63) is 72.2 Å². The predicted molar refractivity (Wildman–Crippen MR) is 107 cm³/mol. The SMILES string of the molecule is C=CO/C(=C(\N)c1ccccc1F)c1ccc2nc(NCCC)sc2c1. The Morgan fingerprint density at radius 1 is 1.35 bits per heavy atom. The van der Waals surface area contributed by atoms with Gasteiger partial charge in [-0.2, -0.15) is 0 Å². The molecule has 1 aromatic heterocycles. The molecule has 26 heavy (non-hydrogen) atoms. The molecule has 134 valence electrons. The summed E-state index contributed by atoms with van der Waals surface area (Å²) >= 11 is 1.56. The van der Waals surface area contributed by atoms with Crippen LogP contribution in [0, 0.1) is 5.82 Å². The van der Waals surface area contributed by atoms with Gasteiger partial charge in [-0.25, -0.2) is 9.37 Å². The summed E-state index contributed by atoms with van der Waals surface area (Å²) in [4.78, 5) is 4.55. The van der Waals surface area contributed by atoms with Gasteiger partial charge in [0.25, 0.3) is 0 Å². The van der Waals surface area contributed by atoms with Crippen LogP contribution in [0.2, 0.25) is 0 Å². The number of hydrogen-bond donors (Lipinski definition) is 2. The highest BCUT2D eigenvalue weighted by Gasteiger charge is 2.15. The molecule has 0 bridgehead atoms. The fraction of sp³-hybridized carbons (Fsp3) is 0.150. The van der Waals surface area contributed by atoms with Crippen LogP contribution in [-0.4, -0.2) is 11.5 Å². The summed E-state index contributed by atoms with van der Waals surface area (Å²) in [7, 11) is 0. The normalized spacial score (nSPS) is 11.9. The number of anilines is 1. The smallest absolute Gasteiger partial charge is 0.183 e. The maximum atomic E-state index is 14.1. The van der Waals surface area contributed by atoms with Crippen molar-refractivity contribution >= 4 is 38.1 Å². The lowest BCUT2D eigenvalue weighted by Gasteiger charge is -2.12. The Hall–Kier alpha value is -2.86. The number of rotatable bonds is 7. The first-order chi connectivity index (χ1) is 12.6. The van der Waals surface area contributed by atoms with E-state index < -0.39 is 5.82 Å². The van der Waals surface area contributed by atoms with Crippen molar-refractivity contribution in [1.29, 1.82) is 0 Å². The van der Waals surface area contributed by atoms with Gasteiger partial charge in [0.15, 0.2) is 10.9 Å². The minimum atomic E-state index is -0.403. The van der Waals surface area contributed by atoms with Gasteiger partial charge in [-0.05, 0) is 36.8 Å². The Bertz CT molecular complexity index is 965. The van der Waals surface area contributed by atoms with E-state index in [1.807, 2.05) is 18.2 Å². The Labute approximate surface area is 155 Å². The quantitative estimate of drug-likeness (QED) is 0.444. The first-order valence-electron chi connectivity index (χ1n) is 8.31. The average Bonchev–Trinajstić information content (AvgIpc) is 3.06. The summed E-state index contributed by atoms with van der Waals surface area (Å²) in [6, 6.07) is 12.0. The molecule has 0 saturated carbocycles. The highest BCUT2D eigenvalue weighted by Crippen LogP contribution is 2.31. The van der Waals surface area contributed by atoms with Gasteiger partial charge < -0.3 is 15.8 Å². The van der Waals surface area contributed by atoms with E-state index in [1.165, 1.54) is 12.3 Å². The molecule has 0 fully saturated rings. The molecule has 4 nitrogen and oxygen atoms in total. The van der Waals surface area contributed by atoms with Crippen LogP contribution in [-0.2, 0) is 4.74 Å². The second-order valence-corrected chi connectivity index (χ2v) is 6.67. The summed E-state index contributed by atoms with van der Waals surface area (Å²) < 4.78 is 20.7. The number of hydrogen-bond acceptors (Lipinski definition) is 5.